The molecule has 2 atom stereocenters. The summed E-state index contributed by atoms with van der Waals surface area (Å²) in [6.07, 6.45) is 4.29. The van der Waals surface area contributed by atoms with Gasteiger partial charge in [-0.25, -0.2) is 8.42 Å². The van der Waals surface area contributed by atoms with Gasteiger partial charge in [0.2, 0.25) is 15.9 Å². The van der Waals surface area contributed by atoms with Crippen molar-refractivity contribution in [2.24, 2.45) is 5.92 Å². The Morgan fingerprint density at radius 3 is 2.32 bits per heavy atom. The molecule has 0 aromatic heterocycles. The van der Waals surface area contributed by atoms with E-state index in [0.29, 0.717) is 11.5 Å². The first-order chi connectivity index (χ1) is 11.7. The summed E-state index contributed by atoms with van der Waals surface area (Å²) >= 11 is 0. The molecule has 0 heterocycles. The zero-order valence-electron chi connectivity index (χ0n) is 15.0. The highest BCUT2D eigenvalue weighted by atomic mass is 32.2. The number of hydrogen-bond acceptors (Lipinski definition) is 4. The van der Waals surface area contributed by atoms with E-state index in [1.807, 2.05) is 0 Å². The summed E-state index contributed by atoms with van der Waals surface area (Å²) in [5.41, 5.74) is 0.450. The molecule has 0 spiro atoms. The summed E-state index contributed by atoms with van der Waals surface area (Å²) in [6, 6.07) is 5.86. The zero-order valence-corrected chi connectivity index (χ0v) is 15.8. The van der Waals surface area contributed by atoms with Crippen LogP contribution in [0.5, 0.6) is 0 Å². The summed E-state index contributed by atoms with van der Waals surface area (Å²) in [4.78, 5) is 23.6. The highest BCUT2D eigenvalue weighted by Gasteiger charge is 2.26. The lowest BCUT2D eigenvalue weighted by Gasteiger charge is -2.30. The van der Waals surface area contributed by atoms with Gasteiger partial charge in [0, 0.05) is 18.7 Å². The molecule has 0 bridgehead atoms. The minimum atomic E-state index is -3.77. The Morgan fingerprint density at radius 1 is 1.16 bits per heavy atom. The predicted octanol–water partition coefficient (Wildman–Crippen LogP) is 2.20. The number of rotatable bonds is 6. The SMILES string of the molecule is CC(=O)c1ccc(S(=O)(=O)N(C)CC(=O)N[C@@H]2CCCC[C@@H]2C)cc1. The van der Waals surface area contributed by atoms with Crippen molar-refractivity contribution >= 4 is 21.7 Å². The number of nitrogens with zero attached hydrogens (tertiary/aromatic N) is 1. The average molecular weight is 366 g/mol. The van der Waals surface area contributed by atoms with Gasteiger partial charge in [0.05, 0.1) is 11.4 Å². The Hall–Kier alpha value is -1.73. The van der Waals surface area contributed by atoms with Crippen LogP contribution in [-0.2, 0) is 14.8 Å². The number of sulfonamides is 1. The van der Waals surface area contributed by atoms with Crippen LogP contribution in [0.2, 0.25) is 0 Å². The number of carbonyl (C=O) groups excluding carboxylic acids is 2. The van der Waals surface area contributed by atoms with Gasteiger partial charge in [-0.2, -0.15) is 4.31 Å². The molecule has 1 aromatic carbocycles. The highest BCUT2D eigenvalue weighted by molar-refractivity contribution is 7.89. The molecule has 1 fully saturated rings. The molecule has 1 aliphatic carbocycles. The fourth-order valence-corrected chi connectivity index (χ4v) is 4.24. The molecule has 0 saturated heterocycles. The maximum absolute atomic E-state index is 12.6. The van der Waals surface area contributed by atoms with Crippen LogP contribution in [0.3, 0.4) is 0 Å². The van der Waals surface area contributed by atoms with Gasteiger partial charge < -0.3 is 5.32 Å². The molecule has 25 heavy (non-hydrogen) atoms. The van der Waals surface area contributed by atoms with Crippen LogP contribution < -0.4 is 5.32 Å². The van der Waals surface area contributed by atoms with Crippen LogP contribution in [0, 0.1) is 5.92 Å². The molecule has 0 aliphatic heterocycles. The molecule has 6 nitrogen and oxygen atoms in total. The molecule has 138 valence electrons. The second-order valence-electron chi connectivity index (χ2n) is 6.78. The van der Waals surface area contributed by atoms with Crippen LogP contribution in [0.4, 0.5) is 0 Å². The molecular weight excluding hydrogens is 340 g/mol. The van der Waals surface area contributed by atoms with Gasteiger partial charge in [0.25, 0.3) is 0 Å². The summed E-state index contributed by atoms with van der Waals surface area (Å²) in [5.74, 6) is 0.00204. The van der Waals surface area contributed by atoms with Gasteiger partial charge in [0.15, 0.2) is 5.78 Å². The normalized spacial score (nSPS) is 21.1. The first-order valence-corrected chi connectivity index (χ1v) is 10.0. The van der Waals surface area contributed by atoms with Crippen molar-refractivity contribution in [3.05, 3.63) is 29.8 Å². The number of benzene rings is 1. The van der Waals surface area contributed by atoms with Gasteiger partial charge >= 0.3 is 0 Å². The summed E-state index contributed by atoms with van der Waals surface area (Å²) < 4.78 is 26.2. The number of ketones is 1. The maximum Gasteiger partial charge on any atom is 0.243 e. The molecule has 7 heteroatoms. The topological polar surface area (TPSA) is 83.6 Å². The second-order valence-corrected chi connectivity index (χ2v) is 8.82. The summed E-state index contributed by atoms with van der Waals surface area (Å²) in [6.45, 7) is 3.31. The third-order valence-corrected chi connectivity index (χ3v) is 6.61. The quantitative estimate of drug-likeness (QED) is 0.783. The van der Waals surface area contributed by atoms with Crippen LogP contribution in [-0.4, -0.2) is 44.0 Å². The number of carbonyl (C=O) groups is 2. The fraction of sp³-hybridized carbons (Fsp3) is 0.556. The highest BCUT2D eigenvalue weighted by Crippen LogP contribution is 2.23. The van der Waals surface area contributed by atoms with Crippen molar-refractivity contribution in [2.45, 2.75) is 50.5 Å². The van der Waals surface area contributed by atoms with Crippen molar-refractivity contribution in [3.8, 4) is 0 Å². The number of amides is 1. The standard InChI is InChI=1S/C18H26N2O4S/c1-13-6-4-5-7-17(13)19-18(22)12-20(3)25(23,24)16-10-8-15(9-11-16)14(2)21/h8-11,13,17H,4-7,12H2,1-3H3,(H,19,22)/t13-,17+/m0/s1. The average Bonchev–Trinajstić information content (AvgIpc) is 2.57. The number of Topliss-reactive ketones (excluding diaryl/α,β-unsaturated/α-hetero) is 1. The molecule has 1 N–H and O–H groups in total. The Bertz CT molecular complexity index is 728. The van der Waals surface area contributed by atoms with Gasteiger partial charge in [-0.05, 0) is 37.8 Å². The van der Waals surface area contributed by atoms with E-state index in [1.54, 1.807) is 0 Å². The van der Waals surface area contributed by atoms with E-state index in [9.17, 15) is 18.0 Å². The lowest BCUT2D eigenvalue weighted by molar-refractivity contribution is -0.122. The van der Waals surface area contributed by atoms with E-state index < -0.39 is 10.0 Å². The Kier molecular flexibility index (Phi) is 6.35. The van der Waals surface area contributed by atoms with Gasteiger partial charge in [-0.1, -0.05) is 31.9 Å². The number of nitrogens with one attached hydrogen (secondary N) is 1. The van der Waals surface area contributed by atoms with Crippen molar-refractivity contribution < 1.29 is 18.0 Å². The number of likely N-dealkylation sites (N-methyl/N-ethyl adjacent to an activating group) is 1. The van der Waals surface area contributed by atoms with E-state index >= 15 is 0 Å². The molecular formula is C18H26N2O4S. The van der Waals surface area contributed by atoms with E-state index in [0.717, 1.165) is 23.6 Å². The Balaban J connectivity index is 2.01. The third-order valence-electron chi connectivity index (χ3n) is 4.79. The predicted molar refractivity (Wildman–Crippen MR) is 95.8 cm³/mol. The van der Waals surface area contributed by atoms with Gasteiger partial charge in [-0.3, -0.25) is 9.59 Å². The molecule has 2 rings (SSSR count). The van der Waals surface area contributed by atoms with Crippen molar-refractivity contribution in [1.29, 1.82) is 0 Å². The minimum absolute atomic E-state index is 0.0684. The smallest absolute Gasteiger partial charge is 0.243 e. The zero-order chi connectivity index (χ0) is 18.6. The van der Waals surface area contributed by atoms with Crippen molar-refractivity contribution in [2.75, 3.05) is 13.6 Å². The van der Waals surface area contributed by atoms with Gasteiger partial charge in [-0.15, -0.1) is 0 Å². The van der Waals surface area contributed by atoms with Crippen molar-refractivity contribution in [1.82, 2.24) is 9.62 Å². The molecule has 1 saturated carbocycles. The Labute approximate surface area is 149 Å². The van der Waals surface area contributed by atoms with Crippen LogP contribution in [0.1, 0.15) is 49.9 Å². The minimum Gasteiger partial charge on any atom is -0.352 e. The first kappa shape index (κ1) is 19.6. The first-order valence-electron chi connectivity index (χ1n) is 8.58. The monoisotopic (exact) mass is 366 g/mol. The largest absolute Gasteiger partial charge is 0.352 e. The van der Waals surface area contributed by atoms with Crippen LogP contribution in [0.25, 0.3) is 0 Å². The Morgan fingerprint density at radius 2 is 1.76 bits per heavy atom. The van der Waals surface area contributed by atoms with E-state index in [4.69, 9.17) is 0 Å². The molecule has 1 aliphatic rings. The second kappa shape index (κ2) is 8.10. The third kappa shape index (κ3) is 4.89. The molecule has 0 unspecified atom stereocenters. The van der Waals surface area contributed by atoms with Crippen LogP contribution in [0.15, 0.2) is 29.2 Å². The molecule has 1 aromatic rings. The van der Waals surface area contributed by atoms with E-state index in [-0.39, 0.29) is 29.2 Å². The van der Waals surface area contributed by atoms with Crippen LogP contribution >= 0.6 is 0 Å². The van der Waals surface area contributed by atoms with E-state index in [1.165, 1.54) is 44.7 Å². The summed E-state index contributed by atoms with van der Waals surface area (Å²) in [5, 5.41) is 2.96. The van der Waals surface area contributed by atoms with E-state index in [2.05, 4.69) is 12.2 Å². The molecule has 0 radical (unpaired) electrons. The fourth-order valence-electron chi connectivity index (χ4n) is 3.11. The maximum atomic E-state index is 12.6. The lowest BCUT2D eigenvalue weighted by atomic mass is 9.86. The number of hydrogen-bond donors (Lipinski definition) is 1. The molecule has 1 amide bonds. The lowest BCUT2D eigenvalue weighted by Crippen LogP contribution is -2.46. The van der Waals surface area contributed by atoms with Crippen molar-refractivity contribution in [3.63, 3.8) is 0 Å². The van der Waals surface area contributed by atoms with Gasteiger partial charge in [0.1, 0.15) is 0 Å². The summed E-state index contributed by atoms with van der Waals surface area (Å²) in [7, 11) is -2.38.